The zero-order chi connectivity index (χ0) is 50.2. The monoisotopic (exact) mass is 999 g/mol. The number of hydrogen-bond donors (Lipinski definition) is 3. The number of carbonyl (C=O) groups excluding carboxylic acids is 2. The Kier molecular flexibility index (Phi) is 22.1. The molecule has 0 aromatic heterocycles. The molecule has 0 fully saturated rings. The Hall–Kier alpha value is -3.78. The molecule has 0 aliphatic rings. The van der Waals surface area contributed by atoms with Gasteiger partial charge in [-0.05, 0) is 56.7 Å². The zero-order valence-electron chi connectivity index (χ0n) is 34.9. The van der Waals surface area contributed by atoms with E-state index in [9.17, 15) is 92.6 Å². The van der Waals surface area contributed by atoms with Crippen molar-refractivity contribution in [1.29, 1.82) is 0 Å². The lowest BCUT2D eigenvalue weighted by Gasteiger charge is -2.42. The van der Waals surface area contributed by atoms with Gasteiger partial charge in [-0.2, -0.15) is 74.6 Å². The van der Waals surface area contributed by atoms with Gasteiger partial charge < -0.3 is 14.8 Å². The highest BCUT2D eigenvalue weighted by Crippen LogP contribution is 2.64. The minimum atomic E-state index is -8.93. The topological polar surface area (TPSA) is 123 Å². The third-order valence-electron chi connectivity index (χ3n) is 9.50. The summed E-state index contributed by atoms with van der Waals surface area (Å²) in [5.74, 6) is -54.8. The Labute approximate surface area is 363 Å². The van der Waals surface area contributed by atoms with Gasteiger partial charge in [0, 0.05) is 17.9 Å². The average molecular weight is 1000 g/mol. The molecule has 0 atom stereocenters. The number of carbonyl (C=O) groups is 2. The van der Waals surface area contributed by atoms with Crippen LogP contribution in [-0.2, 0) is 19.3 Å². The van der Waals surface area contributed by atoms with Crippen molar-refractivity contribution in [2.75, 3.05) is 36.3 Å². The third kappa shape index (κ3) is 14.9. The summed E-state index contributed by atoms with van der Waals surface area (Å²) in [6.07, 6.45) is 9.49. The molecular formula is C38H50F17N3O6S. The van der Waals surface area contributed by atoms with Crippen molar-refractivity contribution in [3.8, 4) is 0 Å². The van der Waals surface area contributed by atoms with E-state index in [0.717, 1.165) is 44.9 Å². The second-order valence-electron chi connectivity index (χ2n) is 14.7. The van der Waals surface area contributed by atoms with Gasteiger partial charge in [-0.1, -0.05) is 82.9 Å². The number of amides is 2. The number of allylic oxidation sites excluding steroid dienone is 2. The minimum absolute atomic E-state index is 0.0650. The van der Waals surface area contributed by atoms with Crippen molar-refractivity contribution < 1.29 is 102 Å². The number of benzene rings is 1. The predicted octanol–water partition coefficient (Wildman–Crippen LogP) is 13.1. The van der Waals surface area contributed by atoms with Gasteiger partial charge in [0.25, 0.3) is 0 Å². The largest absolute Gasteiger partial charge is 0.460 e. The average Bonchev–Trinajstić information content (AvgIpc) is 3.19. The summed E-state index contributed by atoms with van der Waals surface area (Å²) in [5.41, 5.74) is 0.547. The van der Waals surface area contributed by atoms with Crippen LogP contribution in [0, 0.1) is 6.92 Å². The Morgan fingerprint density at radius 2 is 1.00 bits per heavy atom. The fourth-order valence-electron chi connectivity index (χ4n) is 5.51. The van der Waals surface area contributed by atoms with Crippen LogP contribution < -0.4 is 16.0 Å². The molecule has 0 saturated carbocycles. The molecule has 0 aliphatic carbocycles. The maximum Gasteiger partial charge on any atom is 0.460 e. The number of anilines is 2. The molecule has 0 spiro atoms. The zero-order valence-corrected chi connectivity index (χ0v) is 35.7. The molecule has 378 valence electrons. The first-order valence-electron chi connectivity index (χ1n) is 20.0. The van der Waals surface area contributed by atoms with Crippen molar-refractivity contribution in [3.05, 3.63) is 35.9 Å². The Bertz CT molecular complexity index is 1800. The van der Waals surface area contributed by atoms with Crippen molar-refractivity contribution in [2.45, 2.75) is 151 Å². The third-order valence-corrected chi connectivity index (χ3v) is 11.1. The second kappa shape index (κ2) is 24.3. The molecule has 1 rings (SSSR count). The van der Waals surface area contributed by atoms with Crippen LogP contribution in [0.25, 0.3) is 0 Å². The number of halogens is 17. The predicted molar refractivity (Wildman–Crippen MR) is 203 cm³/mol. The molecule has 2 amide bonds. The van der Waals surface area contributed by atoms with Crippen LogP contribution in [0.2, 0.25) is 0 Å². The van der Waals surface area contributed by atoms with Gasteiger partial charge in [-0.3, -0.25) is 10.6 Å². The molecule has 9 nitrogen and oxygen atoms in total. The first-order chi connectivity index (χ1) is 29.7. The summed E-state index contributed by atoms with van der Waals surface area (Å²) in [7, 11) is -7.35. The molecule has 0 radical (unpaired) electrons. The van der Waals surface area contributed by atoms with Gasteiger partial charge in [0.2, 0.25) is 9.84 Å². The van der Waals surface area contributed by atoms with Gasteiger partial charge in [0.1, 0.15) is 12.5 Å². The van der Waals surface area contributed by atoms with Gasteiger partial charge >= 0.3 is 59.2 Å². The number of unbranched alkanes of at least 4 members (excludes halogenated alkanes) is 12. The van der Waals surface area contributed by atoms with Crippen LogP contribution in [-0.4, -0.2) is 93.2 Å². The lowest BCUT2D eigenvalue weighted by Crippen LogP contribution is -2.75. The number of ether oxygens (including phenoxy) is 2. The number of alkyl halides is 17. The van der Waals surface area contributed by atoms with Gasteiger partial charge in [-0.15, -0.1) is 0 Å². The van der Waals surface area contributed by atoms with Crippen molar-refractivity contribution in [1.82, 2.24) is 5.32 Å². The number of hydrogen-bond acceptors (Lipinski definition) is 7. The molecule has 3 N–H and O–H groups in total. The van der Waals surface area contributed by atoms with Crippen LogP contribution in [0.1, 0.15) is 102 Å². The number of aryl methyl sites for hydroxylation is 1. The van der Waals surface area contributed by atoms with E-state index in [-0.39, 0.29) is 18.0 Å². The van der Waals surface area contributed by atoms with E-state index < -0.39 is 88.0 Å². The molecule has 0 heterocycles. The maximum absolute atomic E-state index is 14.3. The molecule has 65 heavy (non-hydrogen) atoms. The highest BCUT2D eigenvalue weighted by molar-refractivity contribution is 7.92. The first-order valence-corrected chi connectivity index (χ1v) is 21.6. The van der Waals surface area contributed by atoms with Crippen LogP contribution in [0.5, 0.6) is 0 Å². The van der Waals surface area contributed by atoms with Crippen molar-refractivity contribution in [2.24, 2.45) is 0 Å². The summed E-state index contributed by atoms with van der Waals surface area (Å²) < 4.78 is 263. The van der Waals surface area contributed by atoms with E-state index in [1.54, 1.807) is 6.92 Å². The van der Waals surface area contributed by atoms with Crippen LogP contribution in [0.3, 0.4) is 0 Å². The Morgan fingerprint density at radius 3 is 1.51 bits per heavy atom. The molecule has 1 aromatic carbocycles. The summed E-state index contributed by atoms with van der Waals surface area (Å²) in [6.45, 7) is 1.61. The Morgan fingerprint density at radius 1 is 0.569 bits per heavy atom. The van der Waals surface area contributed by atoms with Crippen molar-refractivity contribution >= 4 is 33.4 Å². The quantitative estimate of drug-likeness (QED) is 0.0398. The standard InChI is InChI=1S/C38H50F17N3O6S/c1-3-4-5-6-7-8-9-10-11-12-13-14-15-16-17-18-22-63-30(60)58-28-24-27(20-19-26(28)2)57-29(59)64-23-21-56-25-65(61,62)38(54,55)36(49,50)34(45,46)32(41,42)31(39,40)33(43,44)35(47,48)37(51,52)53/h10-11,19-20,24,56H,3-9,12-18,21-23,25H2,1-2H3,(H,57,59)(H,58,60)/b11-10+. The van der Waals surface area contributed by atoms with E-state index in [4.69, 9.17) is 4.74 Å². The summed E-state index contributed by atoms with van der Waals surface area (Å²) in [4.78, 5) is 24.4. The lowest BCUT2D eigenvalue weighted by atomic mass is 9.91. The molecule has 0 saturated heterocycles. The number of nitrogens with one attached hydrogen (secondary N) is 3. The van der Waals surface area contributed by atoms with E-state index in [1.165, 1.54) is 62.0 Å². The molecule has 0 aliphatic heterocycles. The fraction of sp³-hybridized carbons (Fsp3) is 0.737. The normalized spacial score (nSPS) is 13.9. The molecular weight excluding hydrogens is 949 g/mol. The highest BCUT2D eigenvalue weighted by atomic mass is 32.2. The van der Waals surface area contributed by atoms with Gasteiger partial charge in [0.15, 0.2) is 0 Å². The van der Waals surface area contributed by atoms with Crippen LogP contribution in [0.15, 0.2) is 30.4 Å². The van der Waals surface area contributed by atoms with Crippen LogP contribution in [0.4, 0.5) is 95.6 Å². The number of sulfone groups is 1. The number of rotatable bonds is 30. The van der Waals surface area contributed by atoms with Gasteiger partial charge in [0.05, 0.1) is 6.61 Å². The molecule has 0 bridgehead atoms. The van der Waals surface area contributed by atoms with E-state index in [2.05, 4.69) is 34.4 Å². The summed E-state index contributed by atoms with van der Waals surface area (Å²) in [6, 6.07) is 3.90. The van der Waals surface area contributed by atoms with Gasteiger partial charge in [-0.25, -0.2) is 18.0 Å². The second-order valence-corrected chi connectivity index (χ2v) is 16.7. The molecule has 0 unspecified atom stereocenters. The first kappa shape index (κ1) is 59.2. The molecule has 27 heteroatoms. The minimum Gasteiger partial charge on any atom is -0.449 e. The molecule has 1 aromatic rings. The van der Waals surface area contributed by atoms with E-state index in [1.807, 2.05) is 0 Å². The fourth-order valence-corrected chi connectivity index (χ4v) is 6.62. The maximum atomic E-state index is 14.3. The van der Waals surface area contributed by atoms with Crippen LogP contribution >= 0.6 is 0 Å². The summed E-state index contributed by atoms with van der Waals surface area (Å²) >= 11 is 0. The van der Waals surface area contributed by atoms with E-state index in [0.29, 0.717) is 12.0 Å². The van der Waals surface area contributed by atoms with Crippen molar-refractivity contribution in [3.63, 3.8) is 0 Å². The van der Waals surface area contributed by atoms with E-state index >= 15 is 0 Å². The SMILES string of the molecule is CCCCCCCC/C=C/CCCCCCCCOC(=O)Nc1cc(NC(=O)OCCNCS(=O)(=O)C(F)(F)C(F)(F)C(F)(F)C(F)(F)C(F)(F)C(F)(F)C(F)(F)C(F)(F)F)ccc1C. The summed E-state index contributed by atoms with van der Waals surface area (Å²) in [5, 5.41) is -1.81. The Balaban J connectivity index is 2.62. The smallest absolute Gasteiger partial charge is 0.449 e. The highest BCUT2D eigenvalue weighted by Gasteiger charge is 2.96. The lowest BCUT2D eigenvalue weighted by molar-refractivity contribution is -0.458.